The average Bonchev–Trinajstić information content (AvgIpc) is 3.49. The van der Waals surface area contributed by atoms with Crippen LogP contribution < -0.4 is 16.4 Å². The molecule has 4 rings (SSSR count). The lowest BCUT2D eigenvalue weighted by Crippen LogP contribution is -2.68. The van der Waals surface area contributed by atoms with Gasteiger partial charge in [-0.25, -0.2) is 13.8 Å². The highest BCUT2D eigenvalue weighted by Gasteiger charge is 2.54. The zero-order chi connectivity index (χ0) is 25.2. The maximum Gasteiger partial charge on any atom is 0.287 e. The Kier molecular flexibility index (Phi) is 6.68. The van der Waals surface area contributed by atoms with Gasteiger partial charge in [0.1, 0.15) is 23.4 Å². The summed E-state index contributed by atoms with van der Waals surface area (Å²) in [6, 6.07) is 5.21. The molecule has 11 heteroatoms. The molecular weight excluding hydrogens is 460 g/mol. The lowest BCUT2D eigenvalue weighted by atomic mass is 9.71. The molecule has 2 aromatic rings. The number of Topliss-reactive ketones (excluding diaryl/α,β-unsaturated/α-hetero) is 1. The summed E-state index contributed by atoms with van der Waals surface area (Å²) in [5.41, 5.74) is 2.52. The number of halogens is 2. The molecule has 4 N–H and O–H groups in total. The average molecular weight is 488 g/mol. The van der Waals surface area contributed by atoms with E-state index in [1.165, 1.54) is 0 Å². The van der Waals surface area contributed by atoms with E-state index >= 15 is 4.39 Å². The third kappa shape index (κ3) is 5.23. The second-order valence-electron chi connectivity index (χ2n) is 9.38. The van der Waals surface area contributed by atoms with Crippen LogP contribution in [0.2, 0.25) is 0 Å². The number of nitrogens with two attached hydrogens (primary N) is 1. The second-order valence-corrected chi connectivity index (χ2v) is 9.38. The molecule has 2 aliphatic rings. The van der Waals surface area contributed by atoms with Crippen molar-refractivity contribution in [2.24, 2.45) is 5.73 Å². The smallest absolute Gasteiger partial charge is 0.287 e. The molecule has 1 aromatic carbocycles. The first-order valence-corrected chi connectivity index (χ1v) is 11.5. The molecule has 1 aromatic heterocycles. The van der Waals surface area contributed by atoms with Gasteiger partial charge >= 0.3 is 0 Å². The largest absolute Gasteiger partial charge is 0.363 e. The van der Waals surface area contributed by atoms with Crippen molar-refractivity contribution in [1.29, 1.82) is 0 Å². The normalized spacial score (nSPS) is 23.7. The van der Waals surface area contributed by atoms with E-state index in [4.69, 9.17) is 5.73 Å². The van der Waals surface area contributed by atoms with Crippen molar-refractivity contribution in [1.82, 2.24) is 20.2 Å². The van der Waals surface area contributed by atoms with E-state index in [-0.39, 0.29) is 24.8 Å². The monoisotopic (exact) mass is 487 g/mol. The molecule has 2 aliphatic carbocycles. The number of hydrogen-bond acceptors (Lipinski definition) is 5. The number of ketones is 1. The minimum absolute atomic E-state index is 0.226. The predicted octanol–water partition coefficient (Wildman–Crippen LogP) is 1.68. The lowest BCUT2D eigenvalue weighted by Gasteiger charge is -2.43. The first-order chi connectivity index (χ1) is 16.6. The molecule has 0 bridgehead atoms. The van der Waals surface area contributed by atoms with Crippen LogP contribution in [0.15, 0.2) is 43.0 Å². The number of rotatable bonds is 9. The van der Waals surface area contributed by atoms with Gasteiger partial charge in [0.15, 0.2) is 0 Å². The Balaban J connectivity index is 1.55. The first-order valence-electron chi connectivity index (χ1n) is 11.5. The molecule has 2 saturated carbocycles. The van der Waals surface area contributed by atoms with Crippen molar-refractivity contribution < 1.29 is 28.0 Å². The van der Waals surface area contributed by atoms with E-state index in [9.17, 15) is 23.6 Å². The molecule has 3 amide bonds. The number of hydrogen-bond donors (Lipinski definition) is 3. The minimum atomic E-state index is -1.79. The fraction of sp³-hybridized carbons (Fsp3) is 0.458. The summed E-state index contributed by atoms with van der Waals surface area (Å²) < 4.78 is 30.7. The quantitative estimate of drug-likeness (QED) is 0.463. The zero-order valence-corrected chi connectivity index (χ0v) is 19.0. The van der Waals surface area contributed by atoms with E-state index in [0.717, 1.165) is 0 Å². The Labute approximate surface area is 200 Å². The van der Waals surface area contributed by atoms with Crippen molar-refractivity contribution in [2.75, 3.05) is 0 Å². The van der Waals surface area contributed by atoms with Crippen LogP contribution in [0.4, 0.5) is 8.78 Å². The van der Waals surface area contributed by atoms with Crippen LogP contribution in [0.5, 0.6) is 0 Å². The minimum Gasteiger partial charge on any atom is -0.363 e. The maximum atomic E-state index is 15.4. The van der Waals surface area contributed by atoms with E-state index in [0.29, 0.717) is 18.5 Å². The summed E-state index contributed by atoms with van der Waals surface area (Å²) in [5.74, 6) is -3.91. The first kappa shape index (κ1) is 24.5. The molecular formula is C24H27F2N5O4. The molecule has 0 spiro atoms. The number of carbonyl (C=O) groups is 4. The second kappa shape index (κ2) is 9.55. The number of aromatic nitrogens is 2. The predicted molar refractivity (Wildman–Crippen MR) is 121 cm³/mol. The van der Waals surface area contributed by atoms with Gasteiger partial charge in [-0.2, -0.15) is 0 Å². The van der Waals surface area contributed by atoms with Crippen LogP contribution >= 0.6 is 0 Å². The summed E-state index contributed by atoms with van der Waals surface area (Å²) >= 11 is 0. The lowest BCUT2D eigenvalue weighted by molar-refractivity contribution is -0.147. The standard InChI is InChI=1S/C24H27F2N5O4/c25-16-11-24(12-16,19(32)20(27)33)30-22(35)18(13-23(26)6-1-2-7-23)29-21(34)15-4-3-5-17(10-15)31-9-8-28-14-31/h3-5,8-10,14,16,18H,1-2,6-7,11-13H2,(H2,27,33)(H,29,34)(H,30,35)/t16?,18-,24?/m0/s1. The van der Waals surface area contributed by atoms with Gasteiger partial charge in [-0.05, 0) is 31.0 Å². The van der Waals surface area contributed by atoms with Crippen LogP contribution in [0.25, 0.3) is 5.69 Å². The molecule has 35 heavy (non-hydrogen) atoms. The number of amides is 3. The van der Waals surface area contributed by atoms with Gasteiger partial charge in [0.05, 0.1) is 6.33 Å². The van der Waals surface area contributed by atoms with Gasteiger partial charge in [0.25, 0.3) is 11.8 Å². The number of nitrogens with zero attached hydrogens (tertiary/aromatic N) is 2. The van der Waals surface area contributed by atoms with Gasteiger partial charge in [0.2, 0.25) is 11.7 Å². The SMILES string of the molecule is NC(=O)C(=O)C1(NC(=O)[C@H](CC2(F)CCCC2)NC(=O)c2cccc(-n3ccnc3)c2)CC(F)C1. The maximum absolute atomic E-state index is 15.4. The number of benzene rings is 1. The number of nitrogens with one attached hydrogen (secondary N) is 2. The number of primary amides is 1. The molecule has 1 atom stereocenters. The van der Waals surface area contributed by atoms with Crippen molar-refractivity contribution in [3.8, 4) is 5.69 Å². The zero-order valence-electron chi connectivity index (χ0n) is 19.0. The Morgan fingerprint density at radius 1 is 1.20 bits per heavy atom. The topological polar surface area (TPSA) is 136 Å². The van der Waals surface area contributed by atoms with E-state index in [1.807, 2.05) is 0 Å². The molecule has 2 fully saturated rings. The summed E-state index contributed by atoms with van der Waals surface area (Å²) in [6.45, 7) is 0. The fourth-order valence-corrected chi connectivity index (χ4v) is 4.85. The molecule has 0 unspecified atom stereocenters. The van der Waals surface area contributed by atoms with Crippen LogP contribution in [0.1, 0.15) is 55.3 Å². The van der Waals surface area contributed by atoms with Crippen LogP contribution in [0.3, 0.4) is 0 Å². The number of imidazole rings is 1. The van der Waals surface area contributed by atoms with Gasteiger partial charge in [-0.1, -0.05) is 18.9 Å². The van der Waals surface area contributed by atoms with E-state index in [1.54, 1.807) is 47.6 Å². The Bertz CT molecular complexity index is 1120. The molecule has 1 heterocycles. The third-order valence-corrected chi connectivity index (χ3v) is 6.76. The van der Waals surface area contributed by atoms with Gasteiger partial charge < -0.3 is 20.9 Å². The molecule has 9 nitrogen and oxygen atoms in total. The molecule has 0 saturated heterocycles. The van der Waals surface area contributed by atoms with Crippen LogP contribution in [-0.2, 0) is 14.4 Å². The number of alkyl halides is 2. The van der Waals surface area contributed by atoms with Gasteiger partial charge in [0, 0.05) is 42.9 Å². The van der Waals surface area contributed by atoms with Crippen molar-refractivity contribution in [3.63, 3.8) is 0 Å². The summed E-state index contributed by atoms with van der Waals surface area (Å²) in [6.07, 6.45) is 4.11. The summed E-state index contributed by atoms with van der Waals surface area (Å²) in [7, 11) is 0. The van der Waals surface area contributed by atoms with E-state index < -0.39 is 59.8 Å². The highest BCUT2D eigenvalue weighted by Crippen LogP contribution is 2.38. The van der Waals surface area contributed by atoms with E-state index in [2.05, 4.69) is 15.6 Å². The van der Waals surface area contributed by atoms with Gasteiger partial charge in [-0.15, -0.1) is 0 Å². The van der Waals surface area contributed by atoms with Crippen molar-refractivity contribution in [3.05, 3.63) is 48.5 Å². The van der Waals surface area contributed by atoms with Gasteiger partial charge in [-0.3, -0.25) is 19.2 Å². The highest BCUT2D eigenvalue weighted by molar-refractivity contribution is 6.39. The third-order valence-electron chi connectivity index (χ3n) is 6.76. The molecule has 186 valence electrons. The Hall–Kier alpha value is -3.63. The van der Waals surface area contributed by atoms with Crippen LogP contribution in [0, 0.1) is 0 Å². The van der Waals surface area contributed by atoms with Crippen molar-refractivity contribution in [2.45, 2.75) is 68.4 Å². The highest BCUT2D eigenvalue weighted by atomic mass is 19.1. The molecule has 0 aliphatic heterocycles. The molecule has 0 radical (unpaired) electrons. The Morgan fingerprint density at radius 2 is 1.91 bits per heavy atom. The fourth-order valence-electron chi connectivity index (χ4n) is 4.85. The Morgan fingerprint density at radius 3 is 2.51 bits per heavy atom. The van der Waals surface area contributed by atoms with Crippen LogP contribution in [-0.4, -0.2) is 56.5 Å². The summed E-state index contributed by atoms with van der Waals surface area (Å²) in [4.78, 5) is 54.0. The summed E-state index contributed by atoms with van der Waals surface area (Å²) in [5, 5.41) is 4.97. The number of carbonyl (C=O) groups excluding carboxylic acids is 4. The van der Waals surface area contributed by atoms with Crippen molar-refractivity contribution >= 4 is 23.5 Å².